The maximum absolute atomic E-state index is 9.05. The first kappa shape index (κ1) is 8.53. The monoisotopic (exact) mass is 197 g/mol. The molecular weight excluding hydrogens is 190 g/mol. The fourth-order valence-electron chi connectivity index (χ4n) is 1.18. The smallest absolute Gasteiger partial charge is 0.230 e. The number of aliphatic hydroxyl groups is 1. The molecule has 0 aliphatic carbocycles. The van der Waals surface area contributed by atoms with Crippen molar-refractivity contribution in [2.24, 2.45) is 5.16 Å². The van der Waals surface area contributed by atoms with Crippen molar-refractivity contribution in [3.63, 3.8) is 0 Å². The third kappa shape index (κ3) is 1.82. The zero-order chi connectivity index (χ0) is 9.26. The van der Waals surface area contributed by atoms with Crippen LogP contribution in [0.3, 0.4) is 0 Å². The van der Waals surface area contributed by atoms with E-state index < -0.39 is 6.29 Å². The topological polar surface area (TPSA) is 41.8 Å². The van der Waals surface area contributed by atoms with Crippen molar-refractivity contribution in [2.45, 2.75) is 12.7 Å². The second-order valence-electron chi connectivity index (χ2n) is 2.81. The molecule has 0 amide bonds. The van der Waals surface area contributed by atoms with Crippen molar-refractivity contribution in [2.75, 3.05) is 0 Å². The van der Waals surface area contributed by atoms with Crippen molar-refractivity contribution >= 4 is 17.3 Å². The Bertz CT molecular complexity index is 334. The van der Waals surface area contributed by atoms with E-state index >= 15 is 0 Å². The number of hydrogen-bond acceptors (Lipinski definition) is 3. The molecule has 1 heterocycles. The molecule has 1 aliphatic rings. The molecule has 13 heavy (non-hydrogen) atoms. The van der Waals surface area contributed by atoms with Crippen LogP contribution < -0.4 is 0 Å². The Morgan fingerprint density at radius 1 is 1.38 bits per heavy atom. The van der Waals surface area contributed by atoms with Gasteiger partial charge in [-0.3, -0.25) is 0 Å². The molecule has 0 spiro atoms. The Morgan fingerprint density at radius 2 is 2.08 bits per heavy atom. The van der Waals surface area contributed by atoms with Gasteiger partial charge < -0.3 is 9.94 Å². The van der Waals surface area contributed by atoms with Gasteiger partial charge in [0, 0.05) is 5.02 Å². The Morgan fingerprint density at radius 3 is 2.62 bits per heavy atom. The molecule has 4 heteroatoms. The summed E-state index contributed by atoms with van der Waals surface area (Å²) in [7, 11) is 0. The van der Waals surface area contributed by atoms with Gasteiger partial charge in [-0.05, 0) is 17.7 Å². The van der Waals surface area contributed by atoms with Gasteiger partial charge in [0.15, 0.2) is 0 Å². The Hall–Kier alpha value is -1.06. The third-order valence-electron chi connectivity index (χ3n) is 1.83. The molecule has 1 aromatic carbocycles. The van der Waals surface area contributed by atoms with Gasteiger partial charge in [-0.25, -0.2) is 0 Å². The normalized spacial score (nSPS) is 21.1. The van der Waals surface area contributed by atoms with E-state index in [2.05, 4.69) is 9.99 Å². The first-order valence-electron chi connectivity index (χ1n) is 3.92. The van der Waals surface area contributed by atoms with Crippen LogP contribution in [-0.2, 0) is 4.84 Å². The van der Waals surface area contributed by atoms with Gasteiger partial charge >= 0.3 is 0 Å². The summed E-state index contributed by atoms with van der Waals surface area (Å²) in [6, 6.07) is 7.26. The Balaban J connectivity index is 2.22. The third-order valence-corrected chi connectivity index (χ3v) is 2.08. The van der Waals surface area contributed by atoms with Crippen LogP contribution >= 0.6 is 11.6 Å². The van der Waals surface area contributed by atoms with Gasteiger partial charge in [0.1, 0.15) is 0 Å². The second-order valence-corrected chi connectivity index (χ2v) is 3.25. The van der Waals surface area contributed by atoms with Gasteiger partial charge in [0.05, 0.1) is 12.1 Å². The summed E-state index contributed by atoms with van der Waals surface area (Å²) in [5.74, 6) is 0. The molecule has 1 N–H and O–H groups in total. The molecule has 0 fully saturated rings. The van der Waals surface area contributed by atoms with Crippen molar-refractivity contribution in [3.8, 4) is 0 Å². The number of aliphatic hydroxyl groups excluding tert-OH is 1. The summed E-state index contributed by atoms with van der Waals surface area (Å²) in [5.41, 5.74) is 1.69. The summed E-state index contributed by atoms with van der Waals surface area (Å²) in [4.78, 5) is 4.66. The molecule has 0 radical (unpaired) electrons. The van der Waals surface area contributed by atoms with Crippen LogP contribution in [0.4, 0.5) is 0 Å². The van der Waals surface area contributed by atoms with Crippen LogP contribution in [0.25, 0.3) is 0 Å². The van der Waals surface area contributed by atoms with Gasteiger partial charge in [0.2, 0.25) is 6.29 Å². The molecule has 0 saturated heterocycles. The number of rotatable bonds is 1. The van der Waals surface area contributed by atoms with E-state index in [1.807, 2.05) is 12.1 Å². The molecule has 0 bridgehead atoms. The highest BCUT2D eigenvalue weighted by molar-refractivity contribution is 6.30. The number of nitrogens with zero attached hydrogens (tertiary/aromatic N) is 1. The van der Waals surface area contributed by atoms with Crippen molar-refractivity contribution < 1.29 is 9.94 Å². The van der Waals surface area contributed by atoms with E-state index in [1.54, 1.807) is 12.1 Å². The SMILES string of the molecule is OC1CC(c2ccc(Cl)cc2)=NO1. The van der Waals surface area contributed by atoms with Crippen LogP contribution in [0.5, 0.6) is 0 Å². The van der Waals surface area contributed by atoms with Crippen LogP contribution in [0.15, 0.2) is 29.4 Å². The quantitative estimate of drug-likeness (QED) is 0.746. The van der Waals surface area contributed by atoms with E-state index in [9.17, 15) is 0 Å². The number of halogens is 1. The molecule has 3 nitrogen and oxygen atoms in total. The lowest BCUT2D eigenvalue weighted by Crippen LogP contribution is -2.06. The summed E-state index contributed by atoms with van der Waals surface area (Å²) >= 11 is 5.73. The molecule has 0 aromatic heterocycles. The lowest BCUT2D eigenvalue weighted by atomic mass is 10.1. The van der Waals surface area contributed by atoms with Crippen molar-refractivity contribution in [1.29, 1.82) is 0 Å². The fraction of sp³-hybridized carbons (Fsp3) is 0.222. The first-order valence-corrected chi connectivity index (χ1v) is 4.30. The summed E-state index contributed by atoms with van der Waals surface area (Å²) in [6.45, 7) is 0. The molecule has 2 rings (SSSR count). The largest absolute Gasteiger partial charge is 0.363 e. The highest BCUT2D eigenvalue weighted by Gasteiger charge is 2.18. The van der Waals surface area contributed by atoms with Crippen LogP contribution in [-0.4, -0.2) is 17.1 Å². The van der Waals surface area contributed by atoms with Crippen molar-refractivity contribution in [3.05, 3.63) is 34.9 Å². The average Bonchev–Trinajstić information content (AvgIpc) is 2.53. The molecule has 1 unspecified atom stereocenters. The lowest BCUT2D eigenvalue weighted by Gasteiger charge is -1.98. The summed E-state index contributed by atoms with van der Waals surface area (Å²) in [5, 5.41) is 13.5. The zero-order valence-electron chi connectivity index (χ0n) is 6.77. The van der Waals surface area contributed by atoms with Crippen LogP contribution in [0.1, 0.15) is 12.0 Å². The van der Waals surface area contributed by atoms with Gasteiger partial charge in [0.25, 0.3) is 0 Å². The molecule has 68 valence electrons. The van der Waals surface area contributed by atoms with Gasteiger partial charge in [-0.2, -0.15) is 0 Å². The minimum absolute atomic E-state index is 0.432. The highest BCUT2D eigenvalue weighted by Crippen LogP contribution is 2.16. The van der Waals surface area contributed by atoms with Gasteiger partial charge in [-0.15, -0.1) is 0 Å². The van der Waals surface area contributed by atoms with Crippen LogP contribution in [0, 0.1) is 0 Å². The van der Waals surface area contributed by atoms with Gasteiger partial charge in [-0.1, -0.05) is 28.9 Å². The summed E-state index contributed by atoms with van der Waals surface area (Å²) < 4.78 is 0. The molecule has 1 aromatic rings. The van der Waals surface area contributed by atoms with Crippen LogP contribution in [0.2, 0.25) is 5.02 Å². The predicted octanol–water partition coefficient (Wildman–Crippen LogP) is 1.78. The number of benzene rings is 1. The molecule has 1 aliphatic heterocycles. The average molecular weight is 198 g/mol. The standard InChI is InChI=1S/C9H8ClNO2/c10-7-3-1-6(2-4-7)8-5-9(12)13-11-8/h1-4,9,12H,5H2. The van der Waals surface area contributed by atoms with E-state index in [0.29, 0.717) is 11.4 Å². The minimum Gasteiger partial charge on any atom is -0.363 e. The first-order chi connectivity index (χ1) is 6.25. The van der Waals surface area contributed by atoms with E-state index in [4.69, 9.17) is 16.7 Å². The predicted molar refractivity (Wildman–Crippen MR) is 49.7 cm³/mol. The highest BCUT2D eigenvalue weighted by atomic mass is 35.5. The maximum atomic E-state index is 9.05. The number of oxime groups is 1. The fourth-order valence-corrected chi connectivity index (χ4v) is 1.30. The minimum atomic E-state index is -0.800. The molecule has 0 saturated carbocycles. The van der Waals surface area contributed by atoms with E-state index in [0.717, 1.165) is 11.3 Å². The zero-order valence-corrected chi connectivity index (χ0v) is 7.53. The number of hydrogen-bond donors (Lipinski definition) is 1. The Labute approximate surface area is 80.6 Å². The van der Waals surface area contributed by atoms with E-state index in [1.165, 1.54) is 0 Å². The lowest BCUT2D eigenvalue weighted by molar-refractivity contribution is -0.0762. The summed E-state index contributed by atoms with van der Waals surface area (Å²) in [6.07, 6.45) is -0.368. The second kappa shape index (κ2) is 3.36. The molecule has 1 atom stereocenters. The Kier molecular flexibility index (Phi) is 2.20. The van der Waals surface area contributed by atoms with Crippen molar-refractivity contribution in [1.82, 2.24) is 0 Å². The molecular formula is C9H8ClNO2. The maximum Gasteiger partial charge on any atom is 0.230 e. The van der Waals surface area contributed by atoms with E-state index in [-0.39, 0.29) is 0 Å².